The highest BCUT2D eigenvalue weighted by Crippen LogP contribution is 2.36. The molecule has 0 aliphatic heterocycles. The number of esters is 1. The van der Waals surface area contributed by atoms with Crippen molar-refractivity contribution < 1.29 is 9.53 Å². The van der Waals surface area contributed by atoms with Crippen molar-refractivity contribution >= 4 is 39.1 Å². The van der Waals surface area contributed by atoms with Crippen LogP contribution in [0.5, 0.6) is 0 Å². The van der Waals surface area contributed by atoms with E-state index in [1.807, 2.05) is 6.07 Å². The third-order valence-electron chi connectivity index (χ3n) is 2.51. The molecule has 0 bridgehead atoms. The van der Waals surface area contributed by atoms with E-state index in [4.69, 9.17) is 22.1 Å². The van der Waals surface area contributed by atoms with Crippen LogP contribution in [0.15, 0.2) is 22.3 Å². The molecule has 0 saturated carbocycles. The fraction of sp³-hybridized carbons (Fsp3) is 0.182. The molecule has 0 aromatic heterocycles. The lowest BCUT2D eigenvalue weighted by Crippen LogP contribution is -2.07. The molecule has 0 atom stereocenters. The lowest BCUT2D eigenvalue weighted by Gasteiger charge is -2.05. The number of hydrogen-bond donors (Lipinski definition) is 1. The Bertz CT molecular complexity index is 511. The standard InChI is InChI=1S/C11H9BrClNO2/c1-16-11(15)10-6-4-7(12)8(13)2-5(6)3-9(10)14/h2,4H,3,14H2,1H3. The molecule has 84 valence electrons. The summed E-state index contributed by atoms with van der Waals surface area (Å²) in [6, 6.07) is 3.60. The number of benzene rings is 1. The van der Waals surface area contributed by atoms with E-state index in [9.17, 15) is 4.79 Å². The molecule has 3 nitrogen and oxygen atoms in total. The average molecular weight is 303 g/mol. The molecule has 0 spiro atoms. The Morgan fingerprint density at radius 1 is 1.56 bits per heavy atom. The van der Waals surface area contributed by atoms with Crippen molar-refractivity contribution in [1.29, 1.82) is 0 Å². The van der Waals surface area contributed by atoms with E-state index >= 15 is 0 Å². The van der Waals surface area contributed by atoms with Gasteiger partial charge in [-0.3, -0.25) is 0 Å². The van der Waals surface area contributed by atoms with Gasteiger partial charge in [-0.05, 0) is 39.2 Å². The van der Waals surface area contributed by atoms with Gasteiger partial charge in [0.2, 0.25) is 0 Å². The molecular formula is C11H9BrClNO2. The topological polar surface area (TPSA) is 52.3 Å². The van der Waals surface area contributed by atoms with Crippen LogP contribution in [0.25, 0.3) is 5.57 Å². The number of allylic oxidation sites excluding steroid dienone is 1. The summed E-state index contributed by atoms with van der Waals surface area (Å²) in [5.41, 5.74) is 8.53. The van der Waals surface area contributed by atoms with Crippen LogP contribution < -0.4 is 5.73 Å². The van der Waals surface area contributed by atoms with Crippen molar-refractivity contribution in [3.05, 3.63) is 38.5 Å². The highest BCUT2D eigenvalue weighted by Gasteiger charge is 2.26. The summed E-state index contributed by atoms with van der Waals surface area (Å²) in [4.78, 5) is 11.6. The van der Waals surface area contributed by atoms with E-state index in [0.717, 1.165) is 15.6 Å². The maximum absolute atomic E-state index is 11.6. The third kappa shape index (κ3) is 1.72. The maximum atomic E-state index is 11.6. The Labute approximate surface area is 106 Å². The number of rotatable bonds is 1. The number of nitrogens with two attached hydrogens (primary N) is 1. The molecule has 0 unspecified atom stereocenters. The first-order chi connectivity index (χ1) is 7.54. The van der Waals surface area contributed by atoms with Gasteiger partial charge in [0.1, 0.15) is 0 Å². The maximum Gasteiger partial charge on any atom is 0.340 e. The molecule has 0 saturated heterocycles. The van der Waals surface area contributed by atoms with Crippen molar-refractivity contribution in [2.75, 3.05) is 7.11 Å². The molecule has 2 N–H and O–H groups in total. The van der Waals surface area contributed by atoms with E-state index in [0.29, 0.717) is 22.7 Å². The van der Waals surface area contributed by atoms with E-state index in [1.54, 1.807) is 6.07 Å². The van der Waals surface area contributed by atoms with Gasteiger partial charge < -0.3 is 10.5 Å². The first-order valence-corrected chi connectivity index (χ1v) is 5.77. The van der Waals surface area contributed by atoms with Gasteiger partial charge in [0.15, 0.2) is 0 Å². The minimum Gasteiger partial charge on any atom is -0.465 e. The summed E-state index contributed by atoms with van der Waals surface area (Å²) in [6.07, 6.45) is 0.534. The third-order valence-corrected chi connectivity index (χ3v) is 3.70. The van der Waals surface area contributed by atoms with Crippen molar-refractivity contribution in [3.63, 3.8) is 0 Å². The van der Waals surface area contributed by atoms with Gasteiger partial charge >= 0.3 is 5.97 Å². The van der Waals surface area contributed by atoms with Crippen LogP contribution in [0, 0.1) is 0 Å². The predicted octanol–water partition coefficient (Wildman–Crippen LogP) is 2.50. The Balaban J connectivity index is 2.57. The Hall–Kier alpha value is -1.000. The molecule has 0 radical (unpaired) electrons. The van der Waals surface area contributed by atoms with Crippen LogP contribution in [0.4, 0.5) is 0 Å². The highest BCUT2D eigenvalue weighted by atomic mass is 79.9. The van der Waals surface area contributed by atoms with Crippen molar-refractivity contribution in [2.45, 2.75) is 6.42 Å². The monoisotopic (exact) mass is 301 g/mol. The zero-order chi connectivity index (χ0) is 11.9. The van der Waals surface area contributed by atoms with Crippen molar-refractivity contribution in [1.82, 2.24) is 0 Å². The fourth-order valence-corrected chi connectivity index (χ4v) is 2.31. The molecule has 0 amide bonds. The zero-order valence-corrected chi connectivity index (χ0v) is 10.9. The van der Waals surface area contributed by atoms with E-state index in [-0.39, 0.29) is 0 Å². The molecule has 1 aromatic rings. The lowest BCUT2D eigenvalue weighted by molar-refractivity contribution is -0.133. The van der Waals surface area contributed by atoms with Crippen LogP contribution in [0.2, 0.25) is 5.02 Å². The minimum atomic E-state index is -0.412. The fourth-order valence-electron chi connectivity index (χ4n) is 1.78. The largest absolute Gasteiger partial charge is 0.465 e. The molecule has 16 heavy (non-hydrogen) atoms. The molecule has 1 aliphatic rings. The zero-order valence-electron chi connectivity index (χ0n) is 8.51. The summed E-state index contributed by atoms with van der Waals surface area (Å²) in [5.74, 6) is -0.412. The minimum absolute atomic E-state index is 0.412. The number of ether oxygens (including phenoxy) is 1. The van der Waals surface area contributed by atoms with Gasteiger partial charge in [-0.15, -0.1) is 0 Å². The first-order valence-electron chi connectivity index (χ1n) is 4.59. The number of carbonyl (C=O) groups excluding carboxylic acids is 1. The normalized spacial score (nSPS) is 13.9. The van der Waals surface area contributed by atoms with Gasteiger partial charge in [-0.1, -0.05) is 11.6 Å². The number of methoxy groups -OCH3 is 1. The van der Waals surface area contributed by atoms with Crippen LogP contribution >= 0.6 is 27.5 Å². The summed E-state index contributed by atoms with van der Waals surface area (Å²) < 4.78 is 5.45. The predicted molar refractivity (Wildman–Crippen MR) is 66.0 cm³/mol. The molecule has 2 rings (SSSR count). The van der Waals surface area contributed by atoms with E-state index < -0.39 is 5.97 Å². The Morgan fingerprint density at radius 3 is 2.88 bits per heavy atom. The highest BCUT2D eigenvalue weighted by molar-refractivity contribution is 9.10. The number of halogens is 2. The summed E-state index contributed by atoms with van der Waals surface area (Å²) in [5, 5.41) is 0.609. The first kappa shape index (κ1) is 11.5. The van der Waals surface area contributed by atoms with E-state index in [2.05, 4.69) is 15.9 Å². The van der Waals surface area contributed by atoms with Gasteiger partial charge in [0.05, 0.1) is 17.7 Å². The molecule has 0 heterocycles. The molecule has 5 heteroatoms. The Kier molecular flexibility index (Phi) is 2.95. The average Bonchev–Trinajstić information content (AvgIpc) is 2.54. The van der Waals surface area contributed by atoms with Crippen LogP contribution in [-0.2, 0) is 16.0 Å². The molecule has 1 aliphatic carbocycles. The SMILES string of the molecule is COC(=O)C1=C(N)Cc2cc(Cl)c(Br)cc21. The van der Waals surface area contributed by atoms with Crippen molar-refractivity contribution in [3.8, 4) is 0 Å². The Morgan fingerprint density at radius 2 is 2.25 bits per heavy atom. The smallest absolute Gasteiger partial charge is 0.340 e. The summed E-state index contributed by atoms with van der Waals surface area (Å²) in [6.45, 7) is 0. The van der Waals surface area contributed by atoms with Crippen LogP contribution in [0.1, 0.15) is 11.1 Å². The molecule has 1 aromatic carbocycles. The number of hydrogen-bond acceptors (Lipinski definition) is 3. The van der Waals surface area contributed by atoms with Gasteiger partial charge in [0.25, 0.3) is 0 Å². The van der Waals surface area contributed by atoms with E-state index in [1.165, 1.54) is 7.11 Å². The van der Waals surface area contributed by atoms with Crippen molar-refractivity contribution in [2.24, 2.45) is 5.73 Å². The number of carbonyl (C=O) groups is 1. The van der Waals surface area contributed by atoms with Gasteiger partial charge in [-0.2, -0.15) is 0 Å². The number of fused-ring (bicyclic) bond motifs is 1. The second-order valence-corrected chi connectivity index (χ2v) is 4.75. The quantitative estimate of drug-likeness (QED) is 0.811. The molecular weight excluding hydrogens is 293 g/mol. The second kappa shape index (κ2) is 4.11. The lowest BCUT2D eigenvalue weighted by atomic mass is 10.1. The van der Waals surface area contributed by atoms with Gasteiger partial charge in [-0.25, -0.2) is 4.79 Å². The van der Waals surface area contributed by atoms with Crippen LogP contribution in [0.3, 0.4) is 0 Å². The van der Waals surface area contributed by atoms with Gasteiger partial charge in [0, 0.05) is 16.6 Å². The summed E-state index contributed by atoms with van der Waals surface area (Å²) >= 11 is 9.30. The summed E-state index contributed by atoms with van der Waals surface area (Å²) in [7, 11) is 1.34. The van der Waals surface area contributed by atoms with Crippen LogP contribution in [-0.4, -0.2) is 13.1 Å². The molecule has 0 fully saturated rings. The second-order valence-electron chi connectivity index (χ2n) is 3.49.